The van der Waals surface area contributed by atoms with Gasteiger partial charge in [0.25, 0.3) is 0 Å². The number of hydrogen-bond donors (Lipinski definition) is 1. The van der Waals surface area contributed by atoms with Crippen molar-refractivity contribution in [2.45, 2.75) is 26.3 Å². The van der Waals surface area contributed by atoms with Crippen LogP contribution in [0.15, 0.2) is 6.33 Å². The molecule has 0 saturated carbocycles. The van der Waals surface area contributed by atoms with E-state index in [2.05, 4.69) is 46.1 Å². The first-order chi connectivity index (χ1) is 10.5. The van der Waals surface area contributed by atoms with Crippen LogP contribution in [0, 0.1) is 5.92 Å². The fourth-order valence-electron chi connectivity index (χ4n) is 2.80. The zero-order chi connectivity index (χ0) is 16.1. The summed E-state index contributed by atoms with van der Waals surface area (Å²) in [4.78, 5) is 21.2. The third-order valence-corrected chi connectivity index (χ3v) is 4.19. The molecule has 1 fully saturated rings. The van der Waals surface area contributed by atoms with Gasteiger partial charge in [0.05, 0.1) is 12.6 Å². The van der Waals surface area contributed by atoms with Gasteiger partial charge < -0.3 is 10.2 Å². The monoisotopic (exact) mass is 308 g/mol. The molecule has 1 atom stereocenters. The maximum absolute atomic E-state index is 12.4. The molecule has 0 radical (unpaired) electrons. The van der Waals surface area contributed by atoms with Gasteiger partial charge in [-0.1, -0.05) is 13.8 Å². The number of carbonyl (C=O) groups excluding carboxylic acids is 1. The number of rotatable bonds is 5. The van der Waals surface area contributed by atoms with Gasteiger partial charge in [0.1, 0.15) is 12.2 Å². The van der Waals surface area contributed by atoms with E-state index in [1.54, 1.807) is 4.68 Å². The number of aromatic nitrogens is 3. The van der Waals surface area contributed by atoms with E-state index < -0.39 is 0 Å². The Morgan fingerprint density at radius 2 is 2.05 bits per heavy atom. The molecule has 22 heavy (non-hydrogen) atoms. The van der Waals surface area contributed by atoms with Gasteiger partial charge in [0.15, 0.2) is 0 Å². The first-order valence-electron chi connectivity index (χ1n) is 8.01. The van der Waals surface area contributed by atoms with Gasteiger partial charge in [-0.15, -0.1) is 0 Å². The van der Waals surface area contributed by atoms with Crippen LogP contribution in [0.25, 0.3) is 0 Å². The highest BCUT2D eigenvalue weighted by Crippen LogP contribution is 2.18. The van der Waals surface area contributed by atoms with Crippen molar-refractivity contribution in [1.82, 2.24) is 29.9 Å². The van der Waals surface area contributed by atoms with Gasteiger partial charge in [-0.25, -0.2) is 4.98 Å². The minimum Gasteiger partial charge on any atom is -0.345 e. The average molecular weight is 308 g/mol. The van der Waals surface area contributed by atoms with Crippen LogP contribution in [0.4, 0.5) is 0 Å². The molecule has 1 saturated heterocycles. The van der Waals surface area contributed by atoms with Gasteiger partial charge >= 0.3 is 0 Å². The normalized spacial score (nSPS) is 19.1. The maximum Gasteiger partial charge on any atom is 0.234 e. The number of likely N-dealkylation sites (N-methyl/N-ethyl adjacent to an activating group) is 1. The molecule has 2 heterocycles. The van der Waals surface area contributed by atoms with Crippen molar-refractivity contribution in [3.8, 4) is 0 Å². The molecule has 0 spiro atoms. The molecule has 124 valence electrons. The third kappa shape index (κ3) is 4.51. The van der Waals surface area contributed by atoms with Crippen LogP contribution in [0.3, 0.4) is 0 Å². The summed E-state index contributed by atoms with van der Waals surface area (Å²) in [7, 11) is 3.99. The fraction of sp³-hybridized carbons (Fsp3) is 0.800. The van der Waals surface area contributed by atoms with Crippen molar-refractivity contribution in [1.29, 1.82) is 0 Å². The highest BCUT2D eigenvalue weighted by atomic mass is 16.2. The first kappa shape index (κ1) is 16.9. The second-order valence-corrected chi connectivity index (χ2v) is 6.46. The Kier molecular flexibility index (Phi) is 5.90. The van der Waals surface area contributed by atoms with E-state index in [0.717, 1.165) is 38.4 Å². The predicted octanol–water partition coefficient (Wildman–Crippen LogP) is 0.266. The molecular weight excluding hydrogens is 280 g/mol. The number of aryl methyl sites for hydroxylation is 1. The van der Waals surface area contributed by atoms with E-state index in [0.29, 0.717) is 6.54 Å². The zero-order valence-electron chi connectivity index (χ0n) is 14.1. The Balaban J connectivity index is 1.93. The van der Waals surface area contributed by atoms with Crippen molar-refractivity contribution >= 4 is 5.91 Å². The summed E-state index contributed by atoms with van der Waals surface area (Å²) in [5.74, 6) is 1.13. The number of carbonyl (C=O) groups is 1. The topological polar surface area (TPSA) is 66.3 Å². The van der Waals surface area contributed by atoms with Crippen LogP contribution in [0.2, 0.25) is 0 Å². The van der Waals surface area contributed by atoms with Crippen molar-refractivity contribution < 1.29 is 4.79 Å². The van der Waals surface area contributed by atoms with Gasteiger partial charge in [0.2, 0.25) is 5.91 Å². The summed E-state index contributed by atoms with van der Waals surface area (Å²) in [5, 5.41) is 7.22. The van der Waals surface area contributed by atoms with E-state index in [4.69, 9.17) is 0 Å². The van der Waals surface area contributed by atoms with E-state index >= 15 is 0 Å². The van der Waals surface area contributed by atoms with Crippen molar-refractivity contribution in [2.75, 3.05) is 39.8 Å². The van der Waals surface area contributed by atoms with Crippen molar-refractivity contribution in [2.24, 2.45) is 13.0 Å². The Morgan fingerprint density at radius 3 is 2.68 bits per heavy atom. The predicted molar refractivity (Wildman–Crippen MR) is 85.3 cm³/mol. The lowest BCUT2D eigenvalue weighted by atomic mass is 10.0. The fourth-order valence-corrected chi connectivity index (χ4v) is 2.80. The highest BCUT2D eigenvalue weighted by molar-refractivity contribution is 5.78. The molecule has 2 rings (SSSR count). The maximum atomic E-state index is 12.4. The van der Waals surface area contributed by atoms with Gasteiger partial charge in [-0.3, -0.25) is 14.4 Å². The summed E-state index contributed by atoms with van der Waals surface area (Å²) in [6, 6.07) is -0.102. The zero-order valence-corrected chi connectivity index (χ0v) is 14.1. The average Bonchev–Trinajstić information content (AvgIpc) is 2.76. The number of amides is 1. The second kappa shape index (κ2) is 7.69. The van der Waals surface area contributed by atoms with Crippen molar-refractivity contribution in [3.63, 3.8) is 0 Å². The van der Waals surface area contributed by atoms with Crippen molar-refractivity contribution in [3.05, 3.63) is 12.2 Å². The molecule has 0 bridgehead atoms. The van der Waals surface area contributed by atoms with Crippen LogP contribution in [-0.2, 0) is 11.8 Å². The standard InChI is InChI=1S/C15H28N6O/c1-12(2)14(15-16-11-17-20(15)4)18-13(22)10-21-7-5-6-19(3)8-9-21/h11-12,14H,5-10H2,1-4H3,(H,18,22)/t14-/m0/s1. The Morgan fingerprint density at radius 1 is 1.27 bits per heavy atom. The third-order valence-electron chi connectivity index (χ3n) is 4.19. The molecule has 1 amide bonds. The minimum absolute atomic E-state index is 0.0613. The lowest BCUT2D eigenvalue weighted by Gasteiger charge is -2.24. The summed E-state index contributed by atoms with van der Waals surface area (Å²) < 4.78 is 1.73. The van der Waals surface area contributed by atoms with E-state index in [9.17, 15) is 4.79 Å². The molecule has 1 N–H and O–H groups in total. The first-order valence-corrected chi connectivity index (χ1v) is 8.01. The summed E-state index contributed by atoms with van der Waals surface area (Å²) >= 11 is 0. The molecule has 1 aromatic heterocycles. The van der Waals surface area contributed by atoms with Crippen LogP contribution in [0.1, 0.15) is 32.1 Å². The molecule has 7 heteroatoms. The SMILES string of the molecule is CC(C)[C@H](NC(=O)CN1CCCN(C)CC1)c1ncnn1C. The molecule has 0 aromatic carbocycles. The lowest BCUT2D eigenvalue weighted by molar-refractivity contribution is -0.123. The molecular formula is C15H28N6O. The smallest absolute Gasteiger partial charge is 0.234 e. The van der Waals surface area contributed by atoms with E-state index in [1.165, 1.54) is 6.33 Å². The summed E-state index contributed by atoms with van der Waals surface area (Å²) in [6.45, 7) is 8.67. The largest absolute Gasteiger partial charge is 0.345 e. The van der Waals surface area contributed by atoms with Crippen LogP contribution in [-0.4, -0.2) is 70.2 Å². The minimum atomic E-state index is -0.102. The lowest BCUT2D eigenvalue weighted by Crippen LogP contribution is -2.42. The number of nitrogens with one attached hydrogen (secondary N) is 1. The molecule has 7 nitrogen and oxygen atoms in total. The van der Waals surface area contributed by atoms with E-state index in [-0.39, 0.29) is 17.9 Å². The van der Waals surface area contributed by atoms with Gasteiger partial charge in [-0.05, 0) is 32.5 Å². The Hall–Kier alpha value is -1.47. The van der Waals surface area contributed by atoms with Crippen LogP contribution in [0.5, 0.6) is 0 Å². The molecule has 1 aliphatic rings. The molecule has 1 aliphatic heterocycles. The summed E-state index contributed by atoms with van der Waals surface area (Å²) in [6.07, 6.45) is 2.64. The van der Waals surface area contributed by atoms with Crippen LogP contribution < -0.4 is 5.32 Å². The second-order valence-electron chi connectivity index (χ2n) is 6.46. The molecule has 0 unspecified atom stereocenters. The Labute approximate surface area is 132 Å². The quantitative estimate of drug-likeness (QED) is 0.845. The van der Waals surface area contributed by atoms with E-state index in [1.807, 2.05) is 7.05 Å². The molecule has 0 aliphatic carbocycles. The molecule has 1 aromatic rings. The summed E-state index contributed by atoms with van der Waals surface area (Å²) in [5.41, 5.74) is 0. The number of nitrogens with zero attached hydrogens (tertiary/aromatic N) is 5. The highest BCUT2D eigenvalue weighted by Gasteiger charge is 2.24. The van der Waals surface area contributed by atoms with Crippen LogP contribution >= 0.6 is 0 Å². The van der Waals surface area contributed by atoms with Gasteiger partial charge in [-0.2, -0.15) is 5.10 Å². The number of hydrogen-bond acceptors (Lipinski definition) is 5. The van der Waals surface area contributed by atoms with Gasteiger partial charge in [0, 0.05) is 20.1 Å². The Bertz CT molecular complexity index is 486.